The molecule has 0 aromatic heterocycles. The molecule has 0 bridgehead atoms. The molecule has 1 rings (SSSR count). The van der Waals surface area contributed by atoms with Crippen LogP contribution in [-0.2, 0) is 6.42 Å². The molecule has 1 heteroatoms. The summed E-state index contributed by atoms with van der Waals surface area (Å²) >= 11 is 0. The van der Waals surface area contributed by atoms with Crippen molar-refractivity contribution in [1.29, 1.82) is 0 Å². The second-order valence-corrected chi connectivity index (χ2v) is 6.38. The van der Waals surface area contributed by atoms with Crippen molar-refractivity contribution in [3.63, 3.8) is 0 Å². The van der Waals surface area contributed by atoms with Crippen molar-refractivity contribution in [2.24, 2.45) is 0 Å². The Kier molecular flexibility index (Phi) is 8.60. The highest BCUT2D eigenvalue weighted by atomic mass is 16.3. The Labute approximate surface area is 125 Å². The monoisotopic (exact) mass is 276 g/mol. The third-order valence-electron chi connectivity index (χ3n) is 4.00. The largest absolute Gasteiger partial charge is 0.390 e. The van der Waals surface area contributed by atoms with E-state index in [-0.39, 0.29) is 0 Å². The van der Waals surface area contributed by atoms with Crippen LogP contribution in [0, 0.1) is 0 Å². The van der Waals surface area contributed by atoms with E-state index in [0.717, 1.165) is 19.3 Å². The van der Waals surface area contributed by atoms with Crippen molar-refractivity contribution in [2.45, 2.75) is 83.7 Å². The molecule has 1 aromatic carbocycles. The minimum absolute atomic E-state index is 0.552. The van der Waals surface area contributed by atoms with E-state index in [2.05, 4.69) is 19.1 Å². The predicted molar refractivity (Wildman–Crippen MR) is 88.0 cm³/mol. The van der Waals surface area contributed by atoms with E-state index in [0.29, 0.717) is 0 Å². The second-order valence-electron chi connectivity index (χ2n) is 6.38. The zero-order valence-corrected chi connectivity index (χ0v) is 13.4. The fourth-order valence-corrected chi connectivity index (χ4v) is 2.76. The lowest BCUT2D eigenvalue weighted by Crippen LogP contribution is -2.26. The Morgan fingerprint density at radius 2 is 1.40 bits per heavy atom. The highest BCUT2D eigenvalue weighted by molar-refractivity contribution is 5.16. The molecule has 0 saturated heterocycles. The molecule has 114 valence electrons. The van der Waals surface area contributed by atoms with E-state index < -0.39 is 5.60 Å². The SMILES string of the molecule is CCCCCCCCCCC(C)(O)Cc1ccccc1. The lowest BCUT2D eigenvalue weighted by Gasteiger charge is -2.23. The van der Waals surface area contributed by atoms with Gasteiger partial charge in [0.05, 0.1) is 5.60 Å². The van der Waals surface area contributed by atoms with Crippen LogP contribution in [0.25, 0.3) is 0 Å². The van der Waals surface area contributed by atoms with Crippen LogP contribution in [0.3, 0.4) is 0 Å². The van der Waals surface area contributed by atoms with Gasteiger partial charge in [-0.3, -0.25) is 0 Å². The maximum Gasteiger partial charge on any atom is 0.0660 e. The molecule has 0 amide bonds. The zero-order chi connectivity index (χ0) is 14.7. The third-order valence-corrected chi connectivity index (χ3v) is 4.00. The fraction of sp³-hybridized carbons (Fsp3) is 0.684. The topological polar surface area (TPSA) is 20.2 Å². The van der Waals surface area contributed by atoms with Gasteiger partial charge in [0.25, 0.3) is 0 Å². The molecule has 0 spiro atoms. The number of unbranched alkanes of at least 4 members (excludes halogenated alkanes) is 7. The van der Waals surface area contributed by atoms with Gasteiger partial charge < -0.3 is 5.11 Å². The molecule has 1 nitrogen and oxygen atoms in total. The standard InChI is InChI=1S/C19H32O/c1-3-4-5-6-7-8-9-13-16-19(2,20)17-18-14-11-10-12-15-18/h10-12,14-15,20H,3-9,13,16-17H2,1-2H3. The number of aliphatic hydroxyl groups is 1. The Balaban J connectivity index is 2.08. The first-order chi connectivity index (χ1) is 9.64. The van der Waals surface area contributed by atoms with E-state index >= 15 is 0 Å². The second kappa shape index (κ2) is 9.99. The number of hydrogen-bond donors (Lipinski definition) is 1. The fourth-order valence-electron chi connectivity index (χ4n) is 2.76. The number of hydrogen-bond acceptors (Lipinski definition) is 1. The maximum absolute atomic E-state index is 10.4. The van der Waals surface area contributed by atoms with Crippen molar-refractivity contribution in [3.05, 3.63) is 35.9 Å². The molecular formula is C19H32O. The zero-order valence-electron chi connectivity index (χ0n) is 13.4. The summed E-state index contributed by atoms with van der Waals surface area (Å²) < 4.78 is 0. The van der Waals surface area contributed by atoms with E-state index in [1.807, 2.05) is 25.1 Å². The summed E-state index contributed by atoms with van der Waals surface area (Å²) in [5, 5.41) is 10.4. The first-order valence-corrected chi connectivity index (χ1v) is 8.40. The van der Waals surface area contributed by atoms with Crippen molar-refractivity contribution in [3.8, 4) is 0 Å². The summed E-state index contributed by atoms with van der Waals surface area (Å²) in [6.45, 7) is 4.23. The minimum Gasteiger partial charge on any atom is -0.390 e. The molecule has 0 heterocycles. The van der Waals surface area contributed by atoms with Gasteiger partial charge in [-0.1, -0.05) is 88.6 Å². The van der Waals surface area contributed by atoms with Gasteiger partial charge in [-0.25, -0.2) is 0 Å². The Bertz CT molecular complexity index is 329. The van der Waals surface area contributed by atoms with E-state index in [1.54, 1.807) is 0 Å². The van der Waals surface area contributed by atoms with Gasteiger partial charge in [-0.05, 0) is 18.9 Å². The van der Waals surface area contributed by atoms with Gasteiger partial charge in [-0.15, -0.1) is 0 Å². The number of rotatable bonds is 11. The quantitative estimate of drug-likeness (QED) is 0.528. The molecule has 1 unspecified atom stereocenters. The first kappa shape index (κ1) is 17.2. The van der Waals surface area contributed by atoms with Gasteiger partial charge >= 0.3 is 0 Å². The van der Waals surface area contributed by atoms with E-state index in [9.17, 15) is 5.11 Å². The molecule has 0 fully saturated rings. The van der Waals surface area contributed by atoms with Crippen LogP contribution in [0.2, 0.25) is 0 Å². The van der Waals surface area contributed by atoms with Crippen LogP contribution in [0.15, 0.2) is 30.3 Å². The summed E-state index contributed by atoms with van der Waals surface area (Å²) in [6.07, 6.45) is 12.3. The summed E-state index contributed by atoms with van der Waals surface area (Å²) in [4.78, 5) is 0. The summed E-state index contributed by atoms with van der Waals surface area (Å²) in [7, 11) is 0. The minimum atomic E-state index is -0.552. The molecule has 0 radical (unpaired) electrons. The maximum atomic E-state index is 10.4. The van der Waals surface area contributed by atoms with E-state index in [4.69, 9.17) is 0 Å². The Morgan fingerprint density at radius 1 is 0.850 bits per heavy atom. The average Bonchev–Trinajstić information content (AvgIpc) is 2.42. The molecule has 0 aliphatic rings. The molecule has 0 aliphatic heterocycles. The first-order valence-electron chi connectivity index (χ1n) is 8.40. The lowest BCUT2D eigenvalue weighted by atomic mass is 9.91. The highest BCUT2D eigenvalue weighted by Crippen LogP contribution is 2.20. The smallest absolute Gasteiger partial charge is 0.0660 e. The summed E-state index contributed by atoms with van der Waals surface area (Å²) in [5.74, 6) is 0. The Morgan fingerprint density at radius 3 is 2.00 bits per heavy atom. The van der Waals surface area contributed by atoms with Crippen LogP contribution in [0.5, 0.6) is 0 Å². The van der Waals surface area contributed by atoms with Crippen molar-refractivity contribution in [1.82, 2.24) is 0 Å². The van der Waals surface area contributed by atoms with Crippen LogP contribution in [-0.4, -0.2) is 10.7 Å². The summed E-state index contributed by atoms with van der Waals surface area (Å²) in [6, 6.07) is 10.3. The molecular weight excluding hydrogens is 244 g/mol. The molecule has 1 atom stereocenters. The van der Waals surface area contributed by atoms with Crippen LogP contribution < -0.4 is 0 Å². The molecule has 0 saturated carbocycles. The van der Waals surface area contributed by atoms with Gasteiger partial charge in [0.15, 0.2) is 0 Å². The van der Waals surface area contributed by atoms with Crippen molar-refractivity contribution >= 4 is 0 Å². The van der Waals surface area contributed by atoms with Crippen LogP contribution in [0.4, 0.5) is 0 Å². The van der Waals surface area contributed by atoms with Gasteiger partial charge in [-0.2, -0.15) is 0 Å². The molecule has 1 aromatic rings. The number of benzene rings is 1. The molecule has 20 heavy (non-hydrogen) atoms. The van der Waals surface area contributed by atoms with Crippen molar-refractivity contribution in [2.75, 3.05) is 0 Å². The lowest BCUT2D eigenvalue weighted by molar-refractivity contribution is 0.0484. The molecule has 0 aliphatic carbocycles. The molecule has 1 N–H and O–H groups in total. The summed E-state index contributed by atoms with van der Waals surface area (Å²) in [5.41, 5.74) is 0.681. The third kappa shape index (κ3) is 8.37. The van der Waals surface area contributed by atoms with Gasteiger partial charge in [0.1, 0.15) is 0 Å². The van der Waals surface area contributed by atoms with Crippen LogP contribution in [0.1, 0.15) is 77.2 Å². The predicted octanol–water partition coefficient (Wildman–Crippen LogP) is 5.51. The van der Waals surface area contributed by atoms with Gasteiger partial charge in [0, 0.05) is 6.42 Å². The van der Waals surface area contributed by atoms with Crippen LogP contribution >= 0.6 is 0 Å². The van der Waals surface area contributed by atoms with Crippen molar-refractivity contribution < 1.29 is 5.11 Å². The highest BCUT2D eigenvalue weighted by Gasteiger charge is 2.19. The Hall–Kier alpha value is -0.820. The van der Waals surface area contributed by atoms with E-state index in [1.165, 1.54) is 50.5 Å². The normalized spacial score (nSPS) is 14.2. The van der Waals surface area contributed by atoms with Gasteiger partial charge in [0.2, 0.25) is 0 Å². The average molecular weight is 276 g/mol.